The molecule has 0 atom stereocenters. The van der Waals surface area contributed by atoms with Crippen molar-refractivity contribution in [1.29, 1.82) is 0 Å². The molecule has 1 aliphatic carbocycles. The molecule has 0 spiro atoms. The Balaban J connectivity index is 1.44. The average molecular weight is 399 g/mol. The fraction of sp³-hybridized carbons (Fsp3) is 0.529. The summed E-state index contributed by atoms with van der Waals surface area (Å²) in [4.78, 5) is 22.9. The van der Waals surface area contributed by atoms with Crippen LogP contribution in [0.4, 0.5) is 13.2 Å². The largest absolute Gasteiger partial charge is 0.477 e. The number of halogens is 3. The lowest BCUT2D eigenvalue weighted by Gasteiger charge is -2.09. The molecule has 11 heteroatoms. The van der Waals surface area contributed by atoms with Crippen molar-refractivity contribution in [2.24, 2.45) is 0 Å². The van der Waals surface area contributed by atoms with Gasteiger partial charge in [-0.2, -0.15) is 23.4 Å². The summed E-state index contributed by atoms with van der Waals surface area (Å²) < 4.78 is 41.2. The molecule has 2 N–H and O–H groups in total. The number of aromatic nitrogens is 4. The van der Waals surface area contributed by atoms with Crippen LogP contribution in [0.1, 0.15) is 53.5 Å². The zero-order chi connectivity index (χ0) is 20.3. The number of nitrogens with one attached hydrogen (secondary N) is 1. The number of rotatable bonds is 9. The van der Waals surface area contributed by atoms with Gasteiger partial charge in [-0.25, -0.2) is 4.79 Å². The van der Waals surface area contributed by atoms with E-state index in [9.17, 15) is 22.8 Å². The number of aromatic carboxylic acids is 1. The van der Waals surface area contributed by atoms with E-state index < -0.39 is 17.8 Å². The monoisotopic (exact) mass is 399 g/mol. The number of carboxylic acids is 1. The molecule has 1 amide bonds. The Bertz CT molecular complexity index is 855. The van der Waals surface area contributed by atoms with Crippen LogP contribution in [0.25, 0.3) is 0 Å². The third-order valence-corrected chi connectivity index (χ3v) is 4.45. The predicted molar refractivity (Wildman–Crippen MR) is 90.6 cm³/mol. The van der Waals surface area contributed by atoms with Crippen LogP contribution in [-0.4, -0.2) is 43.1 Å². The third-order valence-electron chi connectivity index (χ3n) is 4.45. The van der Waals surface area contributed by atoms with Crippen LogP contribution < -0.4 is 5.32 Å². The SMILES string of the molecule is O=C(CCn1nccc1C(=O)O)NCCCn1nc(C(F)(F)F)cc1C1CC1. The molecule has 1 saturated carbocycles. The highest BCUT2D eigenvalue weighted by molar-refractivity contribution is 5.85. The molecule has 1 aliphatic rings. The number of hydrogen-bond acceptors (Lipinski definition) is 4. The van der Waals surface area contributed by atoms with Gasteiger partial charge in [0.1, 0.15) is 5.69 Å². The van der Waals surface area contributed by atoms with E-state index in [4.69, 9.17) is 5.11 Å². The van der Waals surface area contributed by atoms with Gasteiger partial charge < -0.3 is 10.4 Å². The fourth-order valence-corrected chi connectivity index (χ4v) is 2.90. The Morgan fingerprint density at radius 1 is 1.25 bits per heavy atom. The van der Waals surface area contributed by atoms with E-state index in [2.05, 4.69) is 15.5 Å². The summed E-state index contributed by atoms with van der Waals surface area (Å²) in [6.07, 6.45) is -0.901. The molecule has 8 nitrogen and oxygen atoms in total. The molecule has 2 heterocycles. The van der Waals surface area contributed by atoms with Gasteiger partial charge in [-0.05, 0) is 31.4 Å². The summed E-state index contributed by atoms with van der Waals surface area (Å²) in [5.74, 6) is -1.27. The van der Waals surface area contributed by atoms with E-state index in [1.807, 2.05) is 0 Å². The number of aryl methyl sites for hydroxylation is 2. The molecule has 0 aliphatic heterocycles. The number of amides is 1. The summed E-state index contributed by atoms with van der Waals surface area (Å²) in [5.41, 5.74) is -0.287. The maximum Gasteiger partial charge on any atom is 0.435 e. The van der Waals surface area contributed by atoms with Crippen LogP contribution >= 0.6 is 0 Å². The van der Waals surface area contributed by atoms with Gasteiger partial charge in [-0.1, -0.05) is 0 Å². The molecular weight excluding hydrogens is 379 g/mol. The van der Waals surface area contributed by atoms with Crippen LogP contribution in [0.2, 0.25) is 0 Å². The first-order valence-corrected chi connectivity index (χ1v) is 8.92. The first-order chi connectivity index (χ1) is 13.3. The van der Waals surface area contributed by atoms with Crippen molar-refractivity contribution in [3.63, 3.8) is 0 Å². The van der Waals surface area contributed by atoms with E-state index in [1.54, 1.807) is 0 Å². The first-order valence-electron chi connectivity index (χ1n) is 8.92. The lowest BCUT2D eigenvalue weighted by Crippen LogP contribution is -2.27. The van der Waals surface area contributed by atoms with Gasteiger partial charge >= 0.3 is 12.1 Å². The normalized spacial score (nSPS) is 14.2. The Kier molecular flexibility index (Phi) is 5.71. The highest BCUT2D eigenvalue weighted by Gasteiger charge is 2.37. The average Bonchev–Trinajstić information content (AvgIpc) is 3.18. The topological polar surface area (TPSA) is 102 Å². The molecule has 3 rings (SSSR count). The van der Waals surface area contributed by atoms with E-state index in [0.717, 1.165) is 18.9 Å². The van der Waals surface area contributed by atoms with Gasteiger partial charge in [0.05, 0.1) is 6.54 Å². The van der Waals surface area contributed by atoms with Crippen molar-refractivity contribution in [1.82, 2.24) is 24.9 Å². The maximum absolute atomic E-state index is 12.9. The third kappa shape index (κ3) is 4.90. The maximum atomic E-state index is 12.9. The van der Waals surface area contributed by atoms with E-state index in [1.165, 1.54) is 21.6 Å². The van der Waals surface area contributed by atoms with Crippen molar-refractivity contribution < 1.29 is 27.9 Å². The molecule has 2 aromatic heterocycles. The number of carbonyl (C=O) groups excluding carboxylic acids is 1. The molecule has 152 valence electrons. The summed E-state index contributed by atoms with van der Waals surface area (Å²) in [6, 6.07) is 2.46. The Labute approximate surface area is 158 Å². The van der Waals surface area contributed by atoms with E-state index in [0.29, 0.717) is 12.1 Å². The fourth-order valence-electron chi connectivity index (χ4n) is 2.90. The minimum absolute atomic E-state index is 0.000411. The molecule has 0 unspecified atom stereocenters. The second-order valence-electron chi connectivity index (χ2n) is 6.65. The van der Waals surface area contributed by atoms with Crippen LogP contribution in [0.5, 0.6) is 0 Å². The first kappa shape index (κ1) is 19.9. The molecule has 0 radical (unpaired) electrons. The molecule has 0 bridgehead atoms. The zero-order valence-electron chi connectivity index (χ0n) is 14.9. The summed E-state index contributed by atoms with van der Waals surface area (Å²) in [7, 11) is 0. The van der Waals surface area contributed by atoms with Gasteiger partial charge in [0.2, 0.25) is 5.91 Å². The van der Waals surface area contributed by atoms with E-state index >= 15 is 0 Å². The molecular formula is C17H20F3N5O3. The smallest absolute Gasteiger partial charge is 0.435 e. The van der Waals surface area contributed by atoms with Gasteiger partial charge in [0.25, 0.3) is 0 Å². The minimum Gasteiger partial charge on any atom is -0.477 e. The van der Waals surface area contributed by atoms with Gasteiger partial charge in [0.15, 0.2) is 5.69 Å². The zero-order valence-corrected chi connectivity index (χ0v) is 14.9. The van der Waals surface area contributed by atoms with Crippen LogP contribution in [-0.2, 0) is 24.1 Å². The van der Waals surface area contributed by atoms with Crippen molar-refractivity contribution >= 4 is 11.9 Å². The number of carboxylic acid groups (broad SMARTS) is 1. The van der Waals surface area contributed by atoms with Crippen LogP contribution in [0.15, 0.2) is 18.3 Å². The number of hydrogen-bond donors (Lipinski definition) is 2. The number of alkyl halides is 3. The second kappa shape index (κ2) is 8.03. The lowest BCUT2D eigenvalue weighted by atomic mass is 10.2. The summed E-state index contributed by atoms with van der Waals surface area (Å²) >= 11 is 0. The molecule has 0 aromatic carbocycles. The van der Waals surface area contributed by atoms with Crippen LogP contribution in [0, 0.1) is 0 Å². The predicted octanol–water partition coefficient (Wildman–Crippen LogP) is 2.27. The van der Waals surface area contributed by atoms with E-state index in [-0.39, 0.29) is 43.6 Å². The molecule has 0 saturated heterocycles. The Morgan fingerprint density at radius 2 is 2.00 bits per heavy atom. The number of nitrogens with zero attached hydrogens (tertiary/aromatic N) is 4. The van der Waals surface area contributed by atoms with Crippen molar-refractivity contribution in [3.05, 3.63) is 35.4 Å². The van der Waals surface area contributed by atoms with Gasteiger partial charge in [-0.15, -0.1) is 0 Å². The van der Waals surface area contributed by atoms with Crippen molar-refractivity contribution in [2.45, 2.75) is 50.9 Å². The van der Waals surface area contributed by atoms with Gasteiger partial charge in [0, 0.05) is 37.3 Å². The van der Waals surface area contributed by atoms with Crippen LogP contribution in [0.3, 0.4) is 0 Å². The minimum atomic E-state index is -4.47. The second-order valence-corrected chi connectivity index (χ2v) is 6.65. The summed E-state index contributed by atoms with van der Waals surface area (Å²) in [6.45, 7) is 0.694. The number of carbonyl (C=O) groups is 2. The molecule has 28 heavy (non-hydrogen) atoms. The molecule has 1 fully saturated rings. The Hall–Kier alpha value is -2.85. The van der Waals surface area contributed by atoms with Gasteiger partial charge in [-0.3, -0.25) is 14.2 Å². The van der Waals surface area contributed by atoms with Crippen molar-refractivity contribution in [3.8, 4) is 0 Å². The highest BCUT2D eigenvalue weighted by atomic mass is 19.4. The quantitative estimate of drug-likeness (QED) is 0.630. The standard InChI is InChI=1S/C17H20F3N5O3/c18-17(19,20)14-10-13(11-2-3-11)25(23-14)8-1-6-21-15(26)5-9-24-12(16(27)28)4-7-22-24/h4,7,10-11H,1-3,5-6,8-9H2,(H,21,26)(H,27,28). The molecule has 2 aromatic rings. The van der Waals surface area contributed by atoms with Crippen molar-refractivity contribution in [2.75, 3.05) is 6.54 Å². The summed E-state index contributed by atoms with van der Waals surface area (Å²) in [5, 5.41) is 19.2. The highest BCUT2D eigenvalue weighted by Crippen LogP contribution is 2.42. The Morgan fingerprint density at radius 3 is 2.64 bits per heavy atom. The lowest BCUT2D eigenvalue weighted by molar-refractivity contribution is -0.141.